The van der Waals surface area contributed by atoms with Gasteiger partial charge in [0.1, 0.15) is 0 Å². The van der Waals surface area contributed by atoms with Gasteiger partial charge in [-0.05, 0) is 37.7 Å². The maximum absolute atomic E-state index is 14.3. The van der Waals surface area contributed by atoms with Crippen molar-refractivity contribution in [3.8, 4) is 5.75 Å². The topological polar surface area (TPSA) is 85.3 Å². The van der Waals surface area contributed by atoms with Crippen molar-refractivity contribution in [2.75, 3.05) is 39.4 Å². The van der Waals surface area contributed by atoms with Crippen molar-refractivity contribution in [3.63, 3.8) is 0 Å². The zero-order chi connectivity index (χ0) is 21.6. The van der Waals surface area contributed by atoms with Crippen LogP contribution in [0.5, 0.6) is 5.75 Å². The van der Waals surface area contributed by atoms with Crippen molar-refractivity contribution < 1.29 is 33.3 Å². The second-order valence-electron chi connectivity index (χ2n) is 7.54. The van der Waals surface area contributed by atoms with Crippen LogP contribution >= 0.6 is 0 Å². The number of benzene rings is 1. The largest absolute Gasteiger partial charge is 0.505 e. The zero-order valence-electron chi connectivity index (χ0n) is 17.4. The third-order valence-electron chi connectivity index (χ3n) is 5.42. The summed E-state index contributed by atoms with van der Waals surface area (Å²) < 4.78 is 29.6. The average molecular weight is 411 g/mol. The van der Waals surface area contributed by atoms with Crippen LogP contribution in [-0.4, -0.2) is 57.6 Å². The minimum absolute atomic E-state index is 0.0369. The zero-order valence-corrected chi connectivity index (χ0v) is 17.4. The van der Waals surface area contributed by atoms with E-state index >= 15 is 0 Å². The van der Waals surface area contributed by atoms with Gasteiger partial charge in [0.15, 0.2) is 11.6 Å². The maximum Gasteiger partial charge on any atom is 0.340 e. The molecule has 162 valence electrons. The summed E-state index contributed by atoms with van der Waals surface area (Å²) in [5, 5.41) is 9.78. The van der Waals surface area contributed by atoms with Crippen molar-refractivity contribution in [1.29, 1.82) is 0 Å². The first-order valence-corrected chi connectivity index (χ1v) is 9.75. The van der Waals surface area contributed by atoms with Gasteiger partial charge in [-0.1, -0.05) is 6.92 Å². The fourth-order valence-electron chi connectivity index (χ4n) is 3.81. The van der Waals surface area contributed by atoms with Gasteiger partial charge >= 0.3 is 5.97 Å². The van der Waals surface area contributed by atoms with Crippen molar-refractivity contribution in [1.82, 2.24) is 0 Å². The number of phenolic OH excluding ortho intramolecular Hbond substituents is 1. The van der Waals surface area contributed by atoms with Gasteiger partial charge in [-0.3, -0.25) is 4.79 Å². The lowest BCUT2D eigenvalue weighted by Crippen LogP contribution is -2.49. The van der Waals surface area contributed by atoms with Crippen LogP contribution < -0.4 is 4.90 Å². The maximum atomic E-state index is 14.3. The lowest BCUT2D eigenvalue weighted by atomic mass is 9.82. The van der Waals surface area contributed by atoms with Gasteiger partial charge in [-0.2, -0.15) is 0 Å². The molecular weight excluding hydrogens is 381 g/mol. The standard InChI is InChI=1S/C21H30FNO6/c1-13-5-7-14(8-6-13)20(25)23(15(11-27-2)12-28-3)18-10-17(22)19(24)9-16(18)21(26)29-4/h9-10,13-15,24H,5-8,11-12H2,1-4H3. The van der Waals surface area contributed by atoms with Gasteiger partial charge in [0.25, 0.3) is 0 Å². The highest BCUT2D eigenvalue weighted by Gasteiger charge is 2.35. The summed E-state index contributed by atoms with van der Waals surface area (Å²) in [6.45, 7) is 2.42. The molecular formula is C21H30FNO6. The number of hydrogen-bond acceptors (Lipinski definition) is 6. The number of nitrogens with zero attached hydrogens (tertiary/aromatic N) is 1. The van der Waals surface area contributed by atoms with E-state index in [1.807, 2.05) is 0 Å². The molecule has 8 heteroatoms. The minimum Gasteiger partial charge on any atom is -0.505 e. The first-order chi connectivity index (χ1) is 13.8. The number of carbonyl (C=O) groups is 2. The van der Waals surface area contributed by atoms with E-state index < -0.39 is 23.6 Å². The Bertz CT molecular complexity index is 711. The number of rotatable bonds is 8. The van der Waals surface area contributed by atoms with Crippen LogP contribution in [0.25, 0.3) is 0 Å². The van der Waals surface area contributed by atoms with Crippen LogP contribution in [0.1, 0.15) is 43.0 Å². The second kappa shape index (κ2) is 10.5. The van der Waals surface area contributed by atoms with E-state index in [0.29, 0.717) is 5.92 Å². The molecule has 0 aliphatic heterocycles. The van der Waals surface area contributed by atoms with E-state index in [4.69, 9.17) is 14.2 Å². The summed E-state index contributed by atoms with van der Waals surface area (Å²) in [6, 6.07) is 1.39. The summed E-state index contributed by atoms with van der Waals surface area (Å²) in [5.74, 6) is -2.31. The molecule has 0 heterocycles. The predicted octanol–water partition coefficient (Wildman–Crippen LogP) is 3.14. The number of aromatic hydroxyl groups is 1. The Morgan fingerprint density at radius 1 is 1.14 bits per heavy atom. The molecule has 0 atom stereocenters. The third-order valence-corrected chi connectivity index (χ3v) is 5.42. The Balaban J connectivity index is 2.56. The highest BCUT2D eigenvalue weighted by molar-refractivity contribution is 6.04. The van der Waals surface area contributed by atoms with Gasteiger partial charge in [0, 0.05) is 26.2 Å². The van der Waals surface area contributed by atoms with Crippen LogP contribution in [0.15, 0.2) is 12.1 Å². The molecule has 1 aliphatic carbocycles. The van der Waals surface area contributed by atoms with E-state index in [0.717, 1.165) is 37.8 Å². The molecule has 1 amide bonds. The molecule has 1 saturated carbocycles. The Kier molecular flexibility index (Phi) is 8.40. The second-order valence-corrected chi connectivity index (χ2v) is 7.54. The summed E-state index contributed by atoms with van der Waals surface area (Å²) in [7, 11) is 4.17. The molecule has 1 aromatic rings. The smallest absolute Gasteiger partial charge is 0.340 e. The lowest BCUT2D eigenvalue weighted by molar-refractivity contribution is -0.124. The molecule has 1 aromatic carbocycles. The van der Waals surface area contributed by atoms with Gasteiger partial charge in [-0.25, -0.2) is 9.18 Å². The number of anilines is 1. The Morgan fingerprint density at radius 3 is 2.24 bits per heavy atom. The van der Waals surface area contributed by atoms with E-state index in [9.17, 15) is 19.1 Å². The van der Waals surface area contributed by atoms with Crippen molar-refractivity contribution in [2.45, 2.75) is 38.6 Å². The number of phenols is 1. The number of halogens is 1. The van der Waals surface area contributed by atoms with Gasteiger partial charge in [-0.15, -0.1) is 0 Å². The first kappa shape index (κ1) is 23.1. The Morgan fingerprint density at radius 2 is 1.72 bits per heavy atom. The highest BCUT2D eigenvalue weighted by atomic mass is 19.1. The highest BCUT2D eigenvalue weighted by Crippen LogP contribution is 2.35. The van der Waals surface area contributed by atoms with Crippen LogP contribution in [0.2, 0.25) is 0 Å². The summed E-state index contributed by atoms with van der Waals surface area (Å²) in [4.78, 5) is 27.2. The fourth-order valence-corrected chi connectivity index (χ4v) is 3.81. The summed E-state index contributed by atoms with van der Waals surface area (Å²) in [5.41, 5.74) is -0.0593. The van der Waals surface area contributed by atoms with Crippen molar-refractivity contribution in [2.24, 2.45) is 11.8 Å². The van der Waals surface area contributed by atoms with Crippen LogP contribution in [-0.2, 0) is 19.0 Å². The average Bonchev–Trinajstić information content (AvgIpc) is 2.70. The quantitative estimate of drug-likeness (QED) is 0.662. The van der Waals surface area contributed by atoms with Crippen LogP contribution in [0.4, 0.5) is 10.1 Å². The van der Waals surface area contributed by atoms with Crippen LogP contribution in [0.3, 0.4) is 0 Å². The van der Waals surface area contributed by atoms with E-state index in [1.165, 1.54) is 26.2 Å². The lowest BCUT2D eigenvalue weighted by Gasteiger charge is -2.36. The Labute approximate surface area is 170 Å². The molecule has 0 aromatic heterocycles. The number of methoxy groups -OCH3 is 3. The summed E-state index contributed by atoms with van der Waals surface area (Å²) >= 11 is 0. The van der Waals surface area contributed by atoms with Gasteiger partial charge < -0.3 is 24.2 Å². The van der Waals surface area contributed by atoms with Gasteiger partial charge in [0.05, 0.1) is 37.6 Å². The fraction of sp³-hybridized carbons (Fsp3) is 0.619. The molecule has 0 saturated heterocycles. The normalized spacial score (nSPS) is 19.2. The minimum atomic E-state index is -0.934. The number of amides is 1. The molecule has 0 spiro atoms. The predicted molar refractivity (Wildman–Crippen MR) is 106 cm³/mol. The summed E-state index contributed by atoms with van der Waals surface area (Å²) in [6.07, 6.45) is 3.29. The monoisotopic (exact) mass is 411 g/mol. The molecule has 2 rings (SSSR count). The third kappa shape index (κ3) is 5.45. The van der Waals surface area contributed by atoms with E-state index in [2.05, 4.69) is 6.92 Å². The molecule has 7 nitrogen and oxygen atoms in total. The van der Waals surface area contributed by atoms with E-state index in [-0.39, 0.29) is 36.3 Å². The number of hydrogen-bond donors (Lipinski definition) is 1. The van der Waals surface area contributed by atoms with E-state index in [1.54, 1.807) is 0 Å². The molecule has 1 aliphatic rings. The molecule has 29 heavy (non-hydrogen) atoms. The molecule has 0 unspecified atom stereocenters. The van der Waals surface area contributed by atoms with Crippen molar-refractivity contribution in [3.05, 3.63) is 23.5 Å². The number of esters is 1. The van der Waals surface area contributed by atoms with Crippen molar-refractivity contribution >= 4 is 17.6 Å². The SMILES string of the molecule is COCC(COC)N(C(=O)C1CCC(C)CC1)c1cc(F)c(O)cc1C(=O)OC. The molecule has 0 bridgehead atoms. The molecule has 0 radical (unpaired) electrons. The molecule has 1 fully saturated rings. The van der Waals surface area contributed by atoms with Crippen LogP contribution in [0, 0.1) is 17.7 Å². The van der Waals surface area contributed by atoms with Gasteiger partial charge in [0.2, 0.25) is 5.91 Å². The number of ether oxygens (including phenoxy) is 3. The number of carbonyl (C=O) groups excluding carboxylic acids is 2. The Hall–Kier alpha value is -2.19. The molecule has 1 N–H and O–H groups in total. The first-order valence-electron chi connectivity index (χ1n) is 9.75.